The number of rotatable bonds is 3. The molecule has 0 aliphatic carbocycles. The minimum atomic E-state index is -0.895. The highest BCUT2D eigenvalue weighted by Crippen LogP contribution is 2.27. The van der Waals surface area contributed by atoms with E-state index in [2.05, 4.69) is 15.3 Å². The van der Waals surface area contributed by atoms with E-state index in [9.17, 15) is 14.4 Å². The van der Waals surface area contributed by atoms with Crippen molar-refractivity contribution < 1.29 is 19.1 Å². The largest absolute Gasteiger partial charge is 0.464 e. The van der Waals surface area contributed by atoms with Crippen molar-refractivity contribution in [3.63, 3.8) is 0 Å². The van der Waals surface area contributed by atoms with Gasteiger partial charge in [-0.2, -0.15) is 5.10 Å². The van der Waals surface area contributed by atoms with E-state index in [0.29, 0.717) is 0 Å². The van der Waals surface area contributed by atoms with Crippen molar-refractivity contribution in [2.75, 3.05) is 7.11 Å². The van der Waals surface area contributed by atoms with Gasteiger partial charge in [-0.05, 0) is 5.56 Å². The summed E-state index contributed by atoms with van der Waals surface area (Å²) in [5.74, 6) is -2.40. The van der Waals surface area contributed by atoms with Crippen molar-refractivity contribution in [1.29, 1.82) is 0 Å². The first-order valence-corrected chi connectivity index (χ1v) is 6.44. The van der Waals surface area contributed by atoms with Crippen molar-refractivity contribution in [1.82, 2.24) is 10.3 Å². The van der Waals surface area contributed by atoms with Gasteiger partial charge < -0.3 is 4.74 Å². The fourth-order valence-corrected chi connectivity index (χ4v) is 2.54. The van der Waals surface area contributed by atoms with Gasteiger partial charge in [-0.3, -0.25) is 19.9 Å². The lowest BCUT2D eigenvalue weighted by Crippen LogP contribution is -2.35. The number of methoxy groups -OCH3 is 1. The maximum atomic E-state index is 12.4. The molecule has 1 aromatic carbocycles. The van der Waals surface area contributed by atoms with Gasteiger partial charge in [0.05, 0.1) is 13.7 Å². The van der Waals surface area contributed by atoms with Crippen molar-refractivity contribution >= 4 is 23.5 Å². The van der Waals surface area contributed by atoms with Crippen molar-refractivity contribution in [3.05, 3.63) is 35.9 Å². The molecule has 2 atom stereocenters. The molecule has 108 valence electrons. The van der Waals surface area contributed by atoms with Gasteiger partial charge in [0.2, 0.25) is 5.91 Å². The van der Waals surface area contributed by atoms with Crippen LogP contribution in [-0.4, -0.2) is 41.5 Å². The molecule has 1 N–H and O–H groups in total. The SMILES string of the molecule is COC(=O)C1=NN[C@@H]2C(=O)N(Cc3ccccc3)C(=O)[C@H]12. The van der Waals surface area contributed by atoms with Gasteiger partial charge >= 0.3 is 5.97 Å². The molecule has 2 amide bonds. The van der Waals surface area contributed by atoms with Crippen LogP contribution < -0.4 is 5.43 Å². The average molecular weight is 287 g/mol. The number of nitrogens with zero attached hydrogens (tertiary/aromatic N) is 2. The zero-order valence-electron chi connectivity index (χ0n) is 11.3. The molecule has 0 saturated carbocycles. The predicted octanol–water partition coefficient (Wildman–Crippen LogP) is -0.328. The van der Waals surface area contributed by atoms with E-state index >= 15 is 0 Å². The molecule has 0 bridgehead atoms. The summed E-state index contributed by atoms with van der Waals surface area (Å²) in [5, 5.41) is 3.76. The summed E-state index contributed by atoms with van der Waals surface area (Å²) in [4.78, 5) is 37.4. The van der Waals surface area contributed by atoms with Crippen LogP contribution in [0.15, 0.2) is 35.4 Å². The number of hydrogen-bond donors (Lipinski definition) is 1. The fraction of sp³-hybridized carbons (Fsp3) is 0.286. The number of hydrogen-bond acceptors (Lipinski definition) is 6. The van der Waals surface area contributed by atoms with Crippen LogP contribution in [0.1, 0.15) is 5.56 Å². The molecule has 0 unspecified atom stereocenters. The van der Waals surface area contributed by atoms with Crippen molar-refractivity contribution in [3.8, 4) is 0 Å². The van der Waals surface area contributed by atoms with Crippen LogP contribution in [0, 0.1) is 5.92 Å². The highest BCUT2D eigenvalue weighted by Gasteiger charge is 2.55. The third-order valence-corrected chi connectivity index (χ3v) is 3.59. The number of benzene rings is 1. The molecule has 2 aliphatic heterocycles. The number of carbonyl (C=O) groups excluding carboxylic acids is 3. The summed E-state index contributed by atoms with van der Waals surface area (Å²) in [6.45, 7) is 0.182. The molecular weight excluding hydrogens is 274 g/mol. The first-order chi connectivity index (χ1) is 10.1. The molecule has 2 heterocycles. The van der Waals surface area contributed by atoms with Gasteiger partial charge in [-0.1, -0.05) is 30.3 Å². The second kappa shape index (κ2) is 5.01. The lowest BCUT2D eigenvalue weighted by atomic mass is 9.99. The Morgan fingerprint density at radius 2 is 2.00 bits per heavy atom. The van der Waals surface area contributed by atoms with Crippen molar-refractivity contribution in [2.45, 2.75) is 12.6 Å². The molecule has 0 aromatic heterocycles. The number of likely N-dealkylation sites (tertiary alicyclic amines) is 1. The van der Waals surface area contributed by atoms with Crippen LogP contribution in [-0.2, 0) is 25.7 Å². The number of amides is 2. The molecule has 7 heteroatoms. The molecule has 21 heavy (non-hydrogen) atoms. The van der Waals surface area contributed by atoms with Crippen LogP contribution >= 0.6 is 0 Å². The highest BCUT2D eigenvalue weighted by atomic mass is 16.5. The van der Waals surface area contributed by atoms with Gasteiger partial charge in [0, 0.05) is 0 Å². The zero-order chi connectivity index (χ0) is 15.0. The molecule has 7 nitrogen and oxygen atoms in total. The Morgan fingerprint density at radius 1 is 1.29 bits per heavy atom. The van der Waals surface area contributed by atoms with E-state index < -0.39 is 23.8 Å². The Balaban J connectivity index is 1.84. The van der Waals surface area contributed by atoms with Crippen molar-refractivity contribution in [2.24, 2.45) is 11.0 Å². The fourth-order valence-electron chi connectivity index (χ4n) is 2.54. The lowest BCUT2D eigenvalue weighted by molar-refractivity contribution is -0.141. The first kappa shape index (κ1) is 13.3. The van der Waals surface area contributed by atoms with Gasteiger partial charge in [0.15, 0.2) is 5.71 Å². The Morgan fingerprint density at radius 3 is 2.67 bits per heavy atom. The number of hydrazone groups is 1. The molecule has 0 radical (unpaired) electrons. The van der Waals surface area contributed by atoms with E-state index in [4.69, 9.17) is 0 Å². The van der Waals surface area contributed by atoms with Crippen LogP contribution in [0.5, 0.6) is 0 Å². The summed E-state index contributed by atoms with van der Waals surface area (Å²) in [6.07, 6.45) is 0. The van der Waals surface area contributed by atoms with Gasteiger partial charge in [0.1, 0.15) is 12.0 Å². The van der Waals surface area contributed by atoms with Crippen LogP contribution in [0.2, 0.25) is 0 Å². The monoisotopic (exact) mass is 287 g/mol. The van der Waals surface area contributed by atoms with E-state index in [1.807, 2.05) is 30.3 Å². The van der Waals surface area contributed by atoms with E-state index in [-0.39, 0.29) is 18.2 Å². The van der Waals surface area contributed by atoms with Crippen LogP contribution in [0.3, 0.4) is 0 Å². The molecule has 1 fully saturated rings. The molecule has 1 saturated heterocycles. The van der Waals surface area contributed by atoms with Gasteiger partial charge in [-0.15, -0.1) is 0 Å². The normalized spacial score (nSPS) is 23.7. The minimum absolute atomic E-state index is 0.0450. The zero-order valence-corrected chi connectivity index (χ0v) is 11.3. The second-order valence-corrected chi connectivity index (χ2v) is 4.82. The smallest absolute Gasteiger partial charge is 0.355 e. The first-order valence-electron chi connectivity index (χ1n) is 6.44. The number of esters is 1. The molecule has 2 aliphatic rings. The highest BCUT2D eigenvalue weighted by molar-refractivity contribution is 6.43. The molecule has 0 spiro atoms. The number of carbonyl (C=O) groups is 3. The third kappa shape index (κ3) is 2.06. The number of fused-ring (bicyclic) bond motifs is 1. The van der Waals surface area contributed by atoms with Gasteiger partial charge in [-0.25, -0.2) is 4.79 Å². The third-order valence-electron chi connectivity index (χ3n) is 3.59. The van der Waals surface area contributed by atoms with Gasteiger partial charge in [0.25, 0.3) is 5.91 Å². The Kier molecular flexibility index (Phi) is 3.17. The summed E-state index contributed by atoms with van der Waals surface area (Å²) in [5.41, 5.74) is 3.35. The Hall–Kier alpha value is -2.70. The maximum absolute atomic E-state index is 12.4. The summed E-state index contributed by atoms with van der Waals surface area (Å²) in [7, 11) is 1.21. The quantitative estimate of drug-likeness (QED) is 0.607. The molecule has 3 rings (SSSR count). The Labute approximate surface area is 120 Å². The predicted molar refractivity (Wildman–Crippen MR) is 71.9 cm³/mol. The van der Waals surface area contributed by atoms with E-state index in [0.717, 1.165) is 10.5 Å². The number of imide groups is 1. The topological polar surface area (TPSA) is 88.1 Å². The number of ether oxygens (including phenoxy) is 1. The molecule has 1 aromatic rings. The summed E-state index contributed by atoms with van der Waals surface area (Å²) in [6, 6.07) is 8.38. The van der Waals surface area contributed by atoms with Crippen LogP contribution in [0.25, 0.3) is 0 Å². The standard InChI is InChI=1S/C14H13N3O4/c1-21-14(20)11-9-10(15-16-11)13(19)17(12(9)18)7-8-5-3-2-4-6-8/h2-6,9-10,15H,7H2,1H3/t9-,10-/m0/s1. The maximum Gasteiger partial charge on any atom is 0.355 e. The Bertz CT molecular complexity index is 641. The van der Waals surface area contributed by atoms with Crippen LogP contribution in [0.4, 0.5) is 0 Å². The minimum Gasteiger partial charge on any atom is -0.464 e. The summed E-state index contributed by atoms with van der Waals surface area (Å²) < 4.78 is 4.59. The summed E-state index contributed by atoms with van der Waals surface area (Å²) >= 11 is 0. The van der Waals surface area contributed by atoms with E-state index in [1.54, 1.807) is 0 Å². The second-order valence-electron chi connectivity index (χ2n) is 4.82. The average Bonchev–Trinajstić information content (AvgIpc) is 3.04. The van der Waals surface area contributed by atoms with E-state index in [1.165, 1.54) is 7.11 Å². The molecular formula is C14H13N3O4. The number of nitrogens with one attached hydrogen (secondary N) is 1. The lowest BCUT2D eigenvalue weighted by Gasteiger charge is -2.15.